The predicted molar refractivity (Wildman–Crippen MR) is 84.5 cm³/mol. The molecule has 3 rings (SSSR count). The standard InChI is InChI=1S/C15H17Cl2N3O/c1-8-3-2-4-9(7-8)14-19-15(21-20-14)12-10(16)5-6-11(17)13(12)18/h5-6,8-9H,2-4,7,18H2,1H3. The van der Waals surface area contributed by atoms with E-state index in [1.165, 1.54) is 12.8 Å². The number of nitrogens with zero attached hydrogens (tertiary/aromatic N) is 2. The first-order valence-corrected chi connectivity index (χ1v) is 7.89. The summed E-state index contributed by atoms with van der Waals surface area (Å²) in [6.45, 7) is 2.26. The molecule has 0 saturated heterocycles. The lowest BCUT2D eigenvalue weighted by molar-refractivity contribution is 0.324. The van der Waals surface area contributed by atoms with Crippen LogP contribution >= 0.6 is 23.2 Å². The van der Waals surface area contributed by atoms with Crippen molar-refractivity contribution in [3.63, 3.8) is 0 Å². The van der Waals surface area contributed by atoms with E-state index >= 15 is 0 Å². The highest BCUT2D eigenvalue weighted by atomic mass is 35.5. The van der Waals surface area contributed by atoms with Crippen molar-refractivity contribution in [3.8, 4) is 11.5 Å². The number of aromatic nitrogens is 2. The first kappa shape index (κ1) is 14.7. The van der Waals surface area contributed by atoms with Gasteiger partial charge in [-0.2, -0.15) is 4.98 Å². The van der Waals surface area contributed by atoms with Gasteiger partial charge in [0.1, 0.15) is 0 Å². The van der Waals surface area contributed by atoms with Gasteiger partial charge in [0.2, 0.25) is 0 Å². The second-order valence-corrected chi connectivity index (χ2v) is 6.56. The molecule has 2 N–H and O–H groups in total. The summed E-state index contributed by atoms with van der Waals surface area (Å²) >= 11 is 12.2. The molecule has 0 bridgehead atoms. The quantitative estimate of drug-likeness (QED) is 0.796. The van der Waals surface area contributed by atoms with Crippen molar-refractivity contribution in [1.82, 2.24) is 10.1 Å². The lowest BCUT2D eigenvalue weighted by atomic mass is 9.82. The molecule has 2 atom stereocenters. The van der Waals surface area contributed by atoms with Gasteiger partial charge in [0.15, 0.2) is 5.82 Å². The molecular formula is C15H17Cl2N3O. The Kier molecular flexibility index (Phi) is 4.09. The zero-order valence-electron chi connectivity index (χ0n) is 11.8. The van der Waals surface area contributed by atoms with E-state index in [1.807, 2.05) is 0 Å². The van der Waals surface area contributed by atoms with Crippen molar-refractivity contribution < 1.29 is 4.52 Å². The SMILES string of the molecule is CC1CCCC(c2noc(-c3c(Cl)ccc(Cl)c3N)n2)C1. The molecule has 0 aliphatic heterocycles. The fourth-order valence-corrected chi connectivity index (χ4v) is 3.36. The summed E-state index contributed by atoms with van der Waals surface area (Å²) in [5, 5.41) is 5.01. The van der Waals surface area contributed by atoms with Crippen LogP contribution in [-0.2, 0) is 0 Å². The van der Waals surface area contributed by atoms with Gasteiger partial charge in [-0.3, -0.25) is 0 Å². The van der Waals surface area contributed by atoms with Gasteiger partial charge in [-0.1, -0.05) is 48.1 Å². The molecule has 6 heteroatoms. The summed E-state index contributed by atoms with van der Waals surface area (Å²) in [6.07, 6.45) is 4.67. The maximum Gasteiger partial charge on any atom is 0.261 e. The minimum atomic E-state index is 0.341. The first-order chi connectivity index (χ1) is 10.1. The van der Waals surface area contributed by atoms with E-state index in [1.54, 1.807) is 12.1 Å². The molecule has 1 aromatic heterocycles. The highest BCUT2D eigenvalue weighted by Gasteiger charge is 2.26. The van der Waals surface area contributed by atoms with Crippen molar-refractivity contribution in [2.24, 2.45) is 5.92 Å². The molecule has 4 nitrogen and oxygen atoms in total. The predicted octanol–water partition coefficient (Wildman–Crippen LogP) is 4.92. The zero-order chi connectivity index (χ0) is 15.0. The molecule has 1 saturated carbocycles. The summed E-state index contributed by atoms with van der Waals surface area (Å²) in [5.41, 5.74) is 6.87. The van der Waals surface area contributed by atoms with E-state index < -0.39 is 0 Å². The highest BCUT2D eigenvalue weighted by molar-refractivity contribution is 6.37. The molecule has 1 aliphatic carbocycles. The number of rotatable bonds is 2. The maximum atomic E-state index is 6.19. The minimum absolute atomic E-state index is 0.341. The van der Waals surface area contributed by atoms with Gasteiger partial charge in [-0.25, -0.2) is 0 Å². The Morgan fingerprint density at radius 2 is 2.00 bits per heavy atom. The van der Waals surface area contributed by atoms with E-state index in [9.17, 15) is 0 Å². The van der Waals surface area contributed by atoms with Crippen LogP contribution < -0.4 is 5.73 Å². The average molecular weight is 326 g/mol. The van der Waals surface area contributed by atoms with E-state index in [0.717, 1.165) is 18.7 Å². The Balaban J connectivity index is 1.94. The van der Waals surface area contributed by atoms with Gasteiger partial charge in [-0.05, 0) is 30.9 Å². The zero-order valence-corrected chi connectivity index (χ0v) is 13.3. The molecule has 0 amide bonds. The Hall–Kier alpha value is -1.26. The maximum absolute atomic E-state index is 6.19. The normalized spacial score (nSPS) is 22.4. The molecular weight excluding hydrogens is 309 g/mol. The van der Waals surface area contributed by atoms with E-state index in [4.69, 9.17) is 33.5 Å². The van der Waals surface area contributed by atoms with Crippen LogP contribution in [0.15, 0.2) is 16.7 Å². The summed E-state index contributed by atoms with van der Waals surface area (Å²) < 4.78 is 5.37. The molecule has 2 aromatic rings. The number of halogens is 2. The molecule has 2 unspecified atom stereocenters. The fraction of sp³-hybridized carbons (Fsp3) is 0.467. The van der Waals surface area contributed by atoms with E-state index in [-0.39, 0.29) is 0 Å². The molecule has 1 aromatic carbocycles. The third-order valence-electron chi connectivity index (χ3n) is 4.10. The molecule has 0 spiro atoms. The van der Waals surface area contributed by atoms with Crippen LogP contribution in [0.4, 0.5) is 5.69 Å². The van der Waals surface area contributed by atoms with E-state index in [0.29, 0.717) is 39.0 Å². The van der Waals surface area contributed by atoms with Crippen LogP contribution in [0.2, 0.25) is 10.0 Å². The molecule has 1 aliphatic rings. The number of hydrogen-bond acceptors (Lipinski definition) is 4. The molecule has 1 fully saturated rings. The minimum Gasteiger partial charge on any atom is -0.397 e. The van der Waals surface area contributed by atoms with Gasteiger partial charge in [-0.15, -0.1) is 0 Å². The number of nitrogen functional groups attached to an aromatic ring is 1. The van der Waals surface area contributed by atoms with Gasteiger partial charge >= 0.3 is 0 Å². The van der Waals surface area contributed by atoms with Gasteiger partial charge < -0.3 is 10.3 Å². The first-order valence-electron chi connectivity index (χ1n) is 7.13. The van der Waals surface area contributed by atoms with Crippen molar-refractivity contribution in [3.05, 3.63) is 28.0 Å². The van der Waals surface area contributed by atoms with Crippen LogP contribution in [0, 0.1) is 5.92 Å². The highest BCUT2D eigenvalue weighted by Crippen LogP contribution is 2.39. The monoisotopic (exact) mass is 325 g/mol. The van der Waals surface area contributed by atoms with Crippen LogP contribution in [0.25, 0.3) is 11.5 Å². The molecule has 1 heterocycles. The summed E-state index contributed by atoms with van der Waals surface area (Å²) in [4.78, 5) is 4.50. The number of anilines is 1. The number of hydrogen-bond donors (Lipinski definition) is 1. The fourth-order valence-electron chi connectivity index (χ4n) is 2.96. The van der Waals surface area contributed by atoms with Crippen molar-refractivity contribution in [1.29, 1.82) is 0 Å². The second kappa shape index (κ2) is 5.85. The van der Waals surface area contributed by atoms with Gasteiger partial charge in [0, 0.05) is 5.92 Å². The Labute approximate surface area is 133 Å². The second-order valence-electron chi connectivity index (χ2n) is 5.74. The Morgan fingerprint density at radius 1 is 1.24 bits per heavy atom. The Bertz CT molecular complexity index is 656. The number of nitrogens with two attached hydrogens (primary N) is 1. The van der Waals surface area contributed by atoms with E-state index in [2.05, 4.69) is 17.1 Å². The molecule has 21 heavy (non-hydrogen) atoms. The topological polar surface area (TPSA) is 64.9 Å². The van der Waals surface area contributed by atoms with Crippen LogP contribution in [0.5, 0.6) is 0 Å². The largest absolute Gasteiger partial charge is 0.397 e. The smallest absolute Gasteiger partial charge is 0.261 e. The summed E-state index contributed by atoms with van der Waals surface area (Å²) in [7, 11) is 0. The van der Waals surface area contributed by atoms with Crippen molar-refractivity contribution in [2.45, 2.75) is 38.5 Å². The van der Waals surface area contributed by atoms with Crippen LogP contribution in [0.3, 0.4) is 0 Å². The summed E-state index contributed by atoms with van der Waals surface area (Å²) in [5.74, 6) is 2.14. The molecule has 112 valence electrons. The lowest BCUT2D eigenvalue weighted by Gasteiger charge is -2.23. The van der Waals surface area contributed by atoms with Gasteiger partial charge in [0.05, 0.1) is 21.3 Å². The third-order valence-corrected chi connectivity index (χ3v) is 4.74. The lowest BCUT2D eigenvalue weighted by Crippen LogP contribution is -2.12. The Morgan fingerprint density at radius 3 is 2.76 bits per heavy atom. The van der Waals surface area contributed by atoms with Crippen molar-refractivity contribution in [2.75, 3.05) is 5.73 Å². The van der Waals surface area contributed by atoms with Crippen LogP contribution in [0.1, 0.15) is 44.3 Å². The van der Waals surface area contributed by atoms with Crippen LogP contribution in [-0.4, -0.2) is 10.1 Å². The average Bonchev–Trinajstić information content (AvgIpc) is 2.93. The molecule has 0 radical (unpaired) electrons. The summed E-state index contributed by atoms with van der Waals surface area (Å²) in [6, 6.07) is 3.34. The van der Waals surface area contributed by atoms with Crippen molar-refractivity contribution >= 4 is 28.9 Å². The third kappa shape index (κ3) is 2.87. The van der Waals surface area contributed by atoms with Gasteiger partial charge in [0.25, 0.3) is 5.89 Å². The number of benzene rings is 1.